The molecule has 0 heterocycles. The van der Waals surface area contributed by atoms with Crippen LogP contribution < -0.4 is 0 Å². The molecule has 3 radical (unpaired) electrons. The molecule has 131 valence electrons. The number of ether oxygens (including phenoxy) is 3. The summed E-state index contributed by atoms with van der Waals surface area (Å²) in [5.74, 6) is -0.812. The molecule has 3 nitrogen and oxygen atoms in total. The van der Waals surface area contributed by atoms with E-state index in [0.717, 1.165) is 18.9 Å². The van der Waals surface area contributed by atoms with Gasteiger partial charge in [-0.05, 0) is 27.2 Å². The Hall–Kier alpha value is 0.0969. The van der Waals surface area contributed by atoms with Crippen molar-refractivity contribution in [2.24, 2.45) is 0 Å². The van der Waals surface area contributed by atoms with Gasteiger partial charge in [-0.3, -0.25) is 0 Å². The monoisotopic (exact) mass is 329 g/mol. The molecule has 0 saturated heterocycles. The highest BCUT2D eigenvalue weighted by Gasteiger charge is 2.31. The lowest BCUT2D eigenvalue weighted by Gasteiger charge is -2.32. The quantitative estimate of drug-likeness (QED) is 0.207. The molecule has 0 spiro atoms. The third-order valence-corrected chi connectivity index (χ3v) is 4.11. The van der Waals surface area contributed by atoms with Crippen LogP contribution >= 0.6 is 0 Å². The average molecular weight is 330 g/mol. The Labute approximate surface area is 141 Å². The normalized spacial score (nSPS) is 12.0. The van der Waals surface area contributed by atoms with Crippen molar-refractivity contribution < 1.29 is 14.2 Å². The Morgan fingerprint density at radius 1 is 0.591 bits per heavy atom. The largest absolute Gasteiger partial charge is 0.328 e. The minimum atomic E-state index is -0.812. The third kappa shape index (κ3) is 11.6. The molecule has 0 amide bonds. The van der Waals surface area contributed by atoms with E-state index in [4.69, 9.17) is 14.2 Å². The van der Waals surface area contributed by atoms with E-state index in [-0.39, 0.29) is 0 Å². The second-order valence-electron chi connectivity index (χ2n) is 5.66. The molecule has 4 heteroatoms. The van der Waals surface area contributed by atoms with E-state index in [1.165, 1.54) is 51.4 Å². The SMILES string of the molecule is CCOC(CCCCCCCCCCC[Si])(OCC)OCC. The van der Waals surface area contributed by atoms with E-state index in [2.05, 4.69) is 10.2 Å². The van der Waals surface area contributed by atoms with Gasteiger partial charge in [0, 0.05) is 36.5 Å². The fourth-order valence-electron chi connectivity index (χ4n) is 2.71. The van der Waals surface area contributed by atoms with Gasteiger partial charge in [-0.15, -0.1) is 0 Å². The van der Waals surface area contributed by atoms with Crippen molar-refractivity contribution in [3.63, 3.8) is 0 Å². The first kappa shape index (κ1) is 22.1. The van der Waals surface area contributed by atoms with Gasteiger partial charge in [0.05, 0.1) is 0 Å². The van der Waals surface area contributed by atoms with Gasteiger partial charge in [0.2, 0.25) is 0 Å². The van der Waals surface area contributed by atoms with Gasteiger partial charge in [-0.25, -0.2) is 0 Å². The highest BCUT2D eigenvalue weighted by Crippen LogP contribution is 2.24. The summed E-state index contributed by atoms with van der Waals surface area (Å²) in [4.78, 5) is 0. The van der Waals surface area contributed by atoms with Crippen LogP contribution in [0.4, 0.5) is 0 Å². The van der Waals surface area contributed by atoms with Crippen molar-refractivity contribution in [1.82, 2.24) is 0 Å². The molecule has 0 aliphatic carbocycles. The van der Waals surface area contributed by atoms with Crippen molar-refractivity contribution >= 4 is 10.2 Å². The zero-order valence-electron chi connectivity index (χ0n) is 15.1. The van der Waals surface area contributed by atoms with Crippen molar-refractivity contribution in [3.05, 3.63) is 0 Å². The summed E-state index contributed by atoms with van der Waals surface area (Å²) in [7, 11) is 3.52. The molecule has 0 rings (SSSR count). The second kappa shape index (κ2) is 16.0. The lowest BCUT2D eigenvalue weighted by atomic mass is 10.1. The fraction of sp³-hybridized carbons (Fsp3) is 1.00. The summed E-state index contributed by atoms with van der Waals surface area (Å²) in [5, 5.41) is 0. The second-order valence-corrected chi connectivity index (χ2v) is 6.16. The molecule has 22 heavy (non-hydrogen) atoms. The summed E-state index contributed by atoms with van der Waals surface area (Å²) < 4.78 is 17.2. The summed E-state index contributed by atoms with van der Waals surface area (Å²) in [5.41, 5.74) is 0. The van der Waals surface area contributed by atoms with E-state index >= 15 is 0 Å². The van der Waals surface area contributed by atoms with Crippen molar-refractivity contribution in [1.29, 1.82) is 0 Å². The molecule has 0 aliphatic heterocycles. The summed E-state index contributed by atoms with van der Waals surface area (Å²) in [6, 6.07) is 1.14. The fourth-order valence-corrected chi connectivity index (χ4v) is 2.96. The number of hydrogen-bond acceptors (Lipinski definition) is 3. The summed E-state index contributed by atoms with van der Waals surface area (Å²) in [6.07, 6.45) is 12.6. The van der Waals surface area contributed by atoms with E-state index in [9.17, 15) is 0 Å². The maximum absolute atomic E-state index is 5.74. The molecule has 0 unspecified atom stereocenters. The molecule has 0 saturated carbocycles. The highest BCUT2D eigenvalue weighted by molar-refractivity contribution is 6.08. The molecule has 0 N–H and O–H groups in total. The topological polar surface area (TPSA) is 27.7 Å². The Kier molecular flexibility index (Phi) is 16.0. The maximum atomic E-state index is 5.74. The minimum Gasteiger partial charge on any atom is -0.328 e. The van der Waals surface area contributed by atoms with Gasteiger partial charge < -0.3 is 14.2 Å². The Morgan fingerprint density at radius 2 is 0.955 bits per heavy atom. The molecule has 0 aromatic carbocycles. The van der Waals surface area contributed by atoms with Gasteiger partial charge in [0.15, 0.2) is 0 Å². The van der Waals surface area contributed by atoms with Crippen molar-refractivity contribution in [3.8, 4) is 0 Å². The van der Waals surface area contributed by atoms with E-state index in [0.29, 0.717) is 19.8 Å². The average Bonchev–Trinajstić information content (AvgIpc) is 2.50. The first-order valence-electron chi connectivity index (χ1n) is 9.31. The zero-order valence-corrected chi connectivity index (χ0v) is 16.1. The molecule has 0 fully saturated rings. The number of rotatable bonds is 17. The minimum absolute atomic E-state index is 0.619. The van der Waals surface area contributed by atoms with Crippen LogP contribution in [0, 0.1) is 0 Å². The zero-order chi connectivity index (χ0) is 16.5. The molecule has 0 aromatic rings. The Balaban J connectivity index is 3.70. The molecule has 0 aliphatic rings. The molecular weight excluding hydrogens is 292 g/mol. The highest BCUT2D eigenvalue weighted by atomic mass is 28.1. The van der Waals surface area contributed by atoms with Crippen molar-refractivity contribution in [2.75, 3.05) is 19.8 Å². The van der Waals surface area contributed by atoms with E-state index in [1.807, 2.05) is 20.8 Å². The van der Waals surface area contributed by atoms with Crippen LogP contribution in [0.1, 0.15) is 85.0 Å². The molecular formula is C18H37O3Si. The summed E-state index contributed by atoms with van der Waals surface area (Å²) >= 11 is 0. The smallest absolute Gasteiger partial charge is 0.282 e. The van der Waals surface area contributed by atoms with Gasteiger partial charge >= 0.3 is 0 Å². The number of hydrogen-bond donors (Lipinski definition) is 0. The lowest BCUT2D eigenvalue weighted by molar-refractivity contribution is -0.380. The molecule has 0 bridgehead atoms. The van der Waals surface area contributed by atoms with Gasteiger partial charge in [0.25, 0.3) is 5.97 Å². The van der Waals surface area contributed by atoms with Crippen LogP contribution in [0.5, 0.6) is 0 Å². The van der Waals surface area contributed by atoms with Gasteiger partial charge in [0.1, 0.15) is 0 Å². The van der Waals surface area contributed by atoms with Crippen LogP contribution in [0.3, 0.4) is 0 Å². The van der Waals surface area contributed by atoms with Crippen LogP contribution in [0.15, 0.2) is 0 Å². The number of unbranched alkanes of at least 4 members (excludes halogenated alkanes) is 8. The molecule has 0 aromatic heterocycles. The van der Waals surface area contributed by atoms with Gasteiger partial charge in [-0.2, -0.15) is 0 Å². The lowest BCUT2D eigenvalue weighted by Crippen LogP contribution is -2.39. The predicted molar refractivity (Wildman–Crippen MR) is 94.3 cm³/mol. The Morgan fingerprint density at radius 3 is 1.32 bits per heavy atom. The van der Waals surface area contributed by atoms with E-state index < -0.39 is 5.97 Å². The van der Waals surface area contributed by atoms with E-state index in [1.54, 1.807) is 0 Å². The van der Waals surface area contributed by atoms with Crippen LogP contribution in [-0.2, 0) is 14.2 Å². The standard InChI is InChI=1S/C18H37O3Si/c1-4-19-18(20-5-2,21-6-3)16-14-12-10-8-7-9-11-13-15-17-22/h4-17H2,1-3H3. The maximum Gasteiger partial charge on any atom is 0.282 e. The predicted octanol–water partition coefficient (Wildman–Crippen LogP) is 5.24. The Bertz CT molecular complexity index is 207. The first-order valence-corrected chi connectivity index (χ1v) is 10.0. The first-order chi connectivity index (χ1) is 10.7. The third-order valence-electron chi connectivity index (χ3n) is 3.75. The molecule has 0 atom stereocenters. The van der Waals surface area contributed by atoms with Gasteiger partial charge in [-0.1, -0.05) is 57.4 Å². The summed E-state index contributed by atoms with van der Waals surface area (Å²) in [6.45, 7) is 7.82. The van der Waals surface area contributed by atoms with Crippen LogP contribution in [0.25, 0.3) is 0 Å². The van der Waals surface area contributed by atoms with Crippen LogP contribution in [-0.4, -0.2) is 36.0 Å². The van der Waals surface area contributed by atoms with Crippen LogP contribution in [0.2, 0.25) is 6.04 Å². The van der Waals surface area contributed by atoms with Crippen molar-refractivity contribution in [2.45, 2.75) is 97.0 Å².